The van der Waals surface area contributed by atoms with E-state index in [1.807, 2.05) is 13.8 Å². The van der Waals surface area contributed by atoms with Crippen LogP contribution in [0.3, 0.4) is 0 Å². The highest BCUT2D eigenvalue weighted by Gasteiger charge is 1.95. The van der Waals surface area contributed by atoms with Crippen molar-refractivity contribution in [1.82, 2.24) is 0 Å². The number of aliphatic imine (C=N–C) groups is 1. The Kier molecular flexibility index (Phi) is 6.88. The largest absolute Gasteiger partial charge is 0.207 e. The highest BCUT2D eigenvalue weighted by atomic mass is 32.2. The van der Waals surface area contributed by atoms with Gasteiger partial charge in [0.25, 0.3) is 0 Å². The normalized spacial score (nSPS) is 8.50. The van der Waals surface area contributed by atoms with Crippen LogP contribution in [-0.4, -0.2) is 15.9 Å². The Morgan fingerprint density at radius 2 is 1.90 bits per heavy atom. The first-order chi connectivity index (χ1) is 4.85. The van der Waals surface area contributed by atoms with E-state index >= 15 is 0 Å². The fraction of sp³-hybridized carbons (Fsp3) is 0.667. The maximum absolute atomic E-state index is 8.23. The maximum atomic E-state index is 8.23. The fourth-order valence-corrected chi connectivity index (χ4v) is 2.14. The predicted molar refractivity (Wildman–Crippen MR) is 49.3 cm³/mol. The summed E-state index contributed by atoms with van der Waals surface area (Å²) in [6.07, 6.45) is 1.78. The quantitative estimate of drug-likeness (QED) is 0.366. The van der Waals surface area contributed by atoms with Gasteiger partial charge < -0.3 is 0 Å². The minimum absolute atomic E-state index is 0.882. The summed E-state index contributed by atoms with van der Waals surface area (Å²) in [4.78, 5) is 3.65. The molecule has 0 aromatic carbocycles. The lowest BCUT2D eigenvalue weighted by atomic mass is 11.0. The summed E-state index contributed by atoms with van der Waals surface area (Å²) < 4.78 is 0.882. The zero-order valence-corrected chi connectivity index (χ0v) is 7.76. The van der Waals surface area contributed by atoms with Gasteiger partial charge in [-0.15, -0.1) is 0 Å². The highest BCUT2D eigenvalue weighted by molar-refractivity contribution is 8.38. The molecule has 0 aromatic heterocycles. The number of thioether (sulfide) groups is 2. The molecule has 10 heavy (non-hydrogen) atoms. The van der Waals surface area contributed by atoms with Crippen LogP contribution in [-0.2, 0) is 0 Å². The van der Waals surface area contributed by atoms with E-state index in [9.17, 15) is 0 Å². The van der Waals surface area contributed by atoms with Gasteiger partial charge in [-0.05, 0) is 11.5 Å². The second-order valence-electron chi connectivity index (χ2n) is 1.34. The molecular weight excluding hydrogens is 164 g/mol. The molecule has 0 aliphatic carbocycles. The van der Waals surface area contributed by atoms with Crippen molar-refractivity contribution in [3.05, 3.63) is 0 Å². The molecule has 0 N–H and O–H groups in total. The molecule has 0 saturated carbocycles. The van der Waals surface area contributed by atoms with Crippen LogP contribution in [0.1, 0.15) is 13.8 Å². The first kappa shape index (κ1) is 9.86. The Morgan fingerprint density at radius 3 is 2.20 bits per heavy atom. The summed E-state index contributed by atoms with van der Waals surface area (Å²) in [5, 5.41) is 8.23. The van der Waals surface area contributed by atoms with Crippen LogP contribution in [0.4, 0.5) is 0 Å². The van der Waals surface area contributed by atoms with Gasteiger partial charge in [0.2, 0.25) is 6.19 Å². The average Bonchev–Trinajstić information content (AvgIpc) is 1.90. The van der Waals surface area contributed by atoms with E-state index in [4.69, 9.17) is 5.26 Å². The highest BCUT2D eigenvalue weighted by Crippen LogP contribution is 2.15. The van der Waals surface area contributed by atoms with Crippen molar-refractivity contribution < 1.29 is 0 Å². The number of rotatable bonds is 2. The van der Waals surface area contributed by atoms with Crippen LogP contribution >= 0.6 is 23.5 Å². The molecule has 2 nitrogen and oxygen atoms in total. The molecule has 0 atom stereocenters. The Labute approximate surface area is 70.1 Å². The second kappa shape index (κ2) is 6.97. The second-order valence-corrected chi connectivity index (χ2v) is 4.11. The predicted octanol–water partition coefficient (Wildman–Crippen LogP) is 2.33. The summed E-state index contributed by atoms with van der Waals surface area (Å²) in [5.74, 6) is 1.96. The van der Waals surface area contributed by atoms with Crippen molar-refractivity contribution in [3.8, 4) is 6.19 Å². The summed E-state index contributed by atoms with van der Waals surface area (Å²) in [5.41, 5.74) is 0. The van der Waals surface area contributed by atoms with E-state index in [2.05, 4.69) is 4.99 Å². The lowest BCUT2D eigenvalue weighted by Crippen LogP contribution is -1.85. The summed E-state index contributed by atoms with van der Waals surface area (Å²) in [6.45, 7) is 4.10. The first-order valence-corrected chi connectivity index (χ1v) is 5.04. The van der Waals surface area contributed by atoms with Gasteiger partial charge in [0.05, 0.1) is 0 Å². The third kappa shape index (κ3) is 4.71. The van der Waals surface area contributed by atoms with Crippen molar-refractivity contribution in [3.63, 3.8) is 0 Å². The molecule has 0 aliphatic rings. The molecule has 0 rings (SSSR count). The molecule has 0 amide bonds. The molecule has 0 saturated heterocycles. The smallest absolute Gasteiger partial charge is 0.170 e. The van der Waals surface area contributed by atoms with Gasteiger partial charge in [-0.2, -0.15) is 10.3 Å². The van der Waals surface area contributed by atoms with E-state index in [1.165, 1.54) is 0 Å². The SMILES string of the molecule is CCSC(=NC#N)SCC. The Hall–Kier alpha value is -0.140. The Morgan fingerprint density at radius 1 is 1.40 bits per heavy atom. The van der Waals surface area contributed by atoms with E-state index < -0.39 is 0 Å². The molecule has 0 aromatic rings. The van der Waals surface area contributed by atoms with Gasteiger partial charge in [0.15, 0.2) is 0 Å². The zero-order valence-electron chi connectivity index (χ0n) is 6.13. The lowest BCUT2D eigenvalue weighted by molar-refractivity contribution is 1.45. The molecule has 0 spiro atoms. The molecular formula is C6H10N2S2. The van der Waals surface area contributed by atoms with Crippen molar-refractivity contribution >= 4 is 27.9 Å². The molecule has 56 valence electrons. The minimum atomic E-state index is 0.882. The lowest BCUT2D eigenvalue weighted by Gasteiger charge is -1.96. The van der Waals surface area contributed by atoms with Crippen LogP contribution in [0.2, 0.25) is 0 Å². The fourth-order valence-electron chi connectivity index (χ4n) is 0.394. The van der Waals surface area contributed by atoms with Gasteiger partial charge in [0.1, 0.15) is 4.38 Å². The van der Waals surface area contributed by atoms with Gasteiger partial charge >= 0.3 is 0 Å². The van der Waals surface area contributed by atoms with E-state index in [0.29, 0.717) is 0 Å². The molecule has 0 heterocycles. The third-order valence-corrected chi connectivity index (χ3v) is 2.64. The van der Waals surface area contributed by atoms with Crippen LogP contribution in [0, 0.1) is 11.5 Å². The maximum Gasteiger partial charge on any atom is 0.207 e. The van der Waals surface area contributed by atoms with Crippen LogP contribution in [0.25, 0.3) is 0 Å². The van der Waals surface area contributed by atoms with Crippen molar-refractivity contribution in [2.24, 2.45) is 4.99 Å². The summed E-state index contributed by atoms with van der Waals surface area (Å²) >= 11 is 3.23. The molecule has 0 fully saturated rings. The van der Waals surface area contributed by atoms with Crippen LogP contribution in [0.5, 0.6) is 0 Å². The number of nitrogens with zero attached hydrogens (tertiary/aromatic N) is 2. The van der Waals surface area contributed by atoms with Crippen LogP contribution < -0.4 is 0 Å². The molecule has 0 aliphatic heterocycles. The van der Waals surface area contributed by atoms with E-state index in [0.717, 1.165) is 15.9 Å². The number of nitriles is 1. The molecule has 4 heteroatoms. The standard InChI is InChI=1S/C6H10N2S2/c1-3-9-6(8-5-7)10-4-2/h3-4H2,1-2H3. The number of hydrogen-bond acceptors (Lipinski definition) is 4. The van der Waals surface area contributed by atoms with Crippen molar-refractivity contribution in [2.75, 3.05) is 11.5 Å². The Balaban J connectivity index is 3.75. The molecule has 0 unspecified atom stereocenters. The Bertz CT molecular complexity index is 140. The van der Waals surface area contributed by atoms with Gasteiger partial charge in [-0.3, -0.25) is 0 Å². The average molecular weight is 174 g/mol. The number of hydrogen-bond donors (Lipinski definition) is 0. The third-order valence-electron chi connectivity index (χ3n) is 0.677. The topological polar surface area (TPSA) is 36.1 Å². The summed E-state index contributed by atoms with van der Waals surface area (Å²) in [6, 6.07) is 0. The van der Waals surface area contributed by atoms with Crippen LogP contribution in [0.15, 0.2) is 4.99 Å². The monoisotopic (exact) mass is 174 g/mol. The molecule has 0 radical (unpaired) electrons. The van der Waals surface area contributed by atoms with Crippen molar-refractivity contribution in [2.45, 2.75) is 13.8 Å². The molecule has 0 bridgehead atoms. The van der Waals surface area contributed by atoms with Gasteiger partial charge in [-0.1, -0.05) is 37.4 Å². The zero-order chi connectivity index (χ0) is 7.82. The van der Waals surface area contributed by atoms with Gasteiger partial charge in [0, 0.05) is 0 Å². The van der Waals surface area contributed by atoms with Crippen molar-refractivity contribution in [1.29, 1.82) is 5.26 Å². The minimum Gasteiger partial charge on any atom is -0.170 e. The summed E-state index contributed by atoms with van der Waals surface area (Å²) in [7, 11) is 0. The van der Waals surface area contributed by atoms with E-state index in [1.54, 1.807) is 29.7 Å². The van der Waals surface area contributed by atoms with Gasteiger partial charge in [-0.25, -0.2) is 0 Å². The van der Waals surface area contributed by atoms with E-state index in [-0.39, 0.29) is 0 Å². The first-order valence-electron chi connectivity index (χ1n) is 3.07.